The Morgan fingerprint density at radius 1 is 1.50 bits per heavy atom. The fourth-order valence-corrected chi connectivity index (χ4v) is 2.42. The Morgan fingerprint density at radius 3 is 2.81 bits per heavy atom. The Kier molecular flexibility index (Phi) is 2.94. The number of hydrogen-bond acceptors (Lipinski definition) is 4. The van der Waals surface area contributed by atoms with Crippen LogP contribution in [0, 0.1) is 0 Å². The maximum atomic E-state index is 11.7. The molecule has 5 heteroatoms. The lowest BCUT2D eigenvalue weighted by atomic mass is 9.99. The van der Waals surface area contributed by atoms with Crippen LogP contribution in [0.5, 0.6) is 0 Å². The number of hydrogen-bond donors (Lipinski definition) is 0. The van der Waals surface area contributed by atoms with Gasteiger partial charge in [-0.05, 0) is 19.9 Å². The Bertz CT molecular complexity index is 383. The number of esters is 1. The van der Waals surface area contributed by atoms with Crippen molar-refractivity contribution in [2.24, 2.45) is 0 Å². The van der Waals surface area contributed by atoms with E-state index in [-0.39, 0.29) is 6.10 Å². The molecule has 1 aliphatic carbocycles. The van der Waals surface area contributed by atoms with Gasteiger partial charge >= 0.3 is 5.97 Å². The van der Waals surface area contributed by atoms with Crippen molar-refractivity contribution in [1.82, 2.24) is 0 Å². The molecule has 2 aliphatic rings. The van der Waals surface area contributed by atoms with E-state index in [0.717, 1.165) is 0 Å². The maximum absolute atomic E-state index is 11.7. The van der Waals surface area contributed by atoms with Crippen LogP contribution in [0.1, 0.15) is 13.8 Å². The minimum Gasteiger partial charge on any atom is -0.466 e. The molecule has 0 amide bonds. The molecule has 1 fully saturated rings. The van der Waals surface area contributed by atoms with Gasteiger partial charge < -0.3 is 14.2 Å². The molecule has 0 unspecified atom stereocenters. The molecular weight excluding hydrogens is 276 g/mol. The first-order chi connectivity index (χ1) is 7.44. The van der Waals surface area contributed by atoms with Crippen molar-refractivity contribution in [2.45, 2.75) is 31.8 Å². The second-order valence-electron chi connectivity index (χ2n) is 4.13. The quantitative estimate of drug-likeness (QED) is 0.692. The second kappa shape index (κ2) is 3.98. The smallest absolute Gasteiger partial charge is 0.337 e. The van der Waals surface area contributed by atoms with Gasteiger partial charge in [-0.1, -0.05) is 22.0 Å². The first-order valence-corrected chi connectivity index (χ1v) is 5.76. The molecule has 16 heavy (non-hydrogen) atoms. The molecular formula is C11H13BrO4. The van der Waals surface area contributed by atoms with E-state index in [1.54, 1.807) is 6.08 Å². The zero-order valence-electron chi connectivity index (χ0n) is 9.32. The third kappa shape index (κ3) is 1.95. The van der Waals surface area contributed by atoms with Gasteiger partial charge in [-0.3, -0.25) is 0 Å². The lowest BCUT2D eigenvalue weighted by Crippen LogP contribution is -2.31. The summed E-state index contributed by atoms with van der Waals surface area (Å²) >= 11 is 3.33. The van der Waals surface area contributed by atoms with Crippen molar-refractivity contribution in [3.8, 4) is 0 Å². The molecule has 1 heterocycles. The molecule has 2 atom stereocenters. The van der Waals surface area contributed by atoms with Crippen LogP contribution in [0.4, 0.5) is 0 Å². The third-order valence-electron chi connectivity index (χ3n) is 2.51. The van der Waals surface area contributed by atoms with Gasteiger partial charge in [0.05, 0.1) is 12.7 Å². The number of ether oxygens (including phenoxy) is 3. The number of rotatable bonds is 1. The standard InChI is InChI=1S/C11H13BrO4/c1-11(2)15-7-5-4-6(12)8(9(7)16-11)10(13)14-3/h4-5,7,9H,1-3H3/t7-,9-/m0/s1. The fraction of sp³-hybridized carbons (Fsp3) is 0.545. The number of fused-ring (bicyclic) bond motifs is 1. The van der Waals surface area contributed by atoms with Crippen LogP contribution < -0.4 is 0 Å². The fourth-order valence-electron chi connectivity index (χ4n) is 1.88. The van der Waals surface area contributed by atoms with Crippen LogP contribution in [-0.4, -0.2) is 31.1 Å². The molecule has 0 aromatic rings. The van der Waals surface area contributed by atoms with Crippen LogP contribution in [-0.2, 0) is 19.0 Å². The second-order valence-corrected chi connectivity index (χ2v) is 4.99. The van der Waals surface area contributed by atoms with Gasteiger partial charge in [0.15, 0.2) is 5.79 Å². The van der Waals surface area contributed by atoms with E-state index in [9.17, 15) is 4.79 Å². The molecule has 0 aromatic carbocycles. The Hall–Kier alpha value is -0.650. The van der Waals surface area contributed by atoms with Crippen LogP contribution >= 0.6 is 15.9 Å². The van der Waals surface area contributed by atoms with E-state index in [2.05, 4.69) is 15.9 Å². The maximum Gasteiger partial charge on any atom is 0.337 e. The number of carbonyl (C=O) groups excluding carboxylic acids is 1. The average molecular weight is 289 g/mol. The minimum atomic E-state index is -0.684. The van der Waals surface area contributed by atoms with Gasteiger partial charge in [-0.25, -0.2) is 4.79 Å². The number of methoxy groups -OCH3 is 1. The molecule has 0 bridgehead atoms. The van der Waals surface area contributed by atoms with E-state index < -0.39 is 17.9 Å². The number of halogens is 1. The van der Waals surface area contributed by atoms with Crippen LogP contribution in [0.2, 0.25) is 0 Å². The van der Waals surface area contributed by atoms with Crippen molar-refractivity contribution in [3.05, 3.63) is 22.2 Å². The van der Waals surface area contributed by atoms with Gasteiger partial charge in [0.25, 0.3) is 0 Å². The molecule has 0 radical (unpaired) electrons. The topological polar surface area (TPSA) is 44.8 Å². The monoisotopic (exact) mass is 288 g/mol. The van der Waals surface area contributed by atoms with Crippen molar-refractivity contribution >= 4 is 21.9 Å². The number of allylic oxidation sites excluding steroid dienone is 2. The SMILES string of the molecule is COC(=O)C1=C(Br)C=C[C@@H]2OC(C)(C)O[C@H]12. The molecule has 4 nitrogen and oxygen atoms in total. The van der Waals surface area contributed by atoms with E-state index in [4.69, 9.17) is 14.2 Å². The van der Waals surface area contributed by atoms with Crippen molar-refractivity contribution in [1.29, 1.82) is 0 Å². The number of carbonyl (C=O) groups is 1. The lowest BCUT2D eigenvalue weighted by molar-refractivity contribution is -0.145. The predicted molar refractivity (Wildman–Crippen MR) is 60.9 cm³/mol. The van der Waals surface area contributed by atoms with Gasteiger partial charge in [-0.2, -0.15) is 0 Å². The molecule has 88 valence electrons. The van der Waals surface area contributed by atoms with Gasteiger partial charge in [0.1, 0.15) is 12.2 Å². The van der Waals surface area contributed by atoms with Gasteiger partial charge in [0, 0.05) is 4.48 Å². The normalized spacial score (nSPS) is 31.5. The average Bonchev–Trinajstić information content (AvgIpc) is 2.51. The third-order valence-corrected chi connectivity index (χ3v) is 3.20. The van der Waals surface area contributed by atoms with Crippen molar-refractivity contribution in [3.63, 3.8) is 0 Å². The summed E-state index contributed by atoms with van der Waals surface area (Å²) in [4.78, 5) is 11.7. The largest absolute Gasteiger partial charge is 0.466 e. The van der Waals surface area contributed by atoms with E-state index in [0.29, 0.717) is 10.1 Å². The van der Waals surface area contributed by atoms with Crippen LogP contribution in [0.25, 0.3) is 0 Å². The first kappa shape index (κ1) is 11.8. The van der Waals surface area contributed by atoms with Crippen molar-refractivity contribution < 1.29 is 19.0 Å². The van der Waals surface area contributed by atoms with E-state index >= 15 is 0 Å². The summed E-state index contributed by atoms with van der Waals surface area (Å²) in [6, 6.07) is 0. The Balaban J connectivity index is 2.35. The zero-order valence-corrected chi connectivity index (χ0v) is 10.9. The Labute approximate surface area is 102 Å². The highest BCUT2D eigenvalue weighted by molar-refractivity contribution is 9.12. The van der Waals surface area contributed by atoms with Gasteiger partial charge in [0.2, 0.25) is 0 Å². The summed E-state index contributed by atoms with van der Waals surface area (Å²) in [7, 11) is 1.35. The Morgan fingerprint density at radius 2 is 2.19 bits per heavy atom. The molecule has 1 saturated heterocycles. The lowest BCUT2D eigenvalue weighted by Gasteiger charge is -2.20. The summed E-state index contributed by atoms with van der Waals surface area (Å²) in [5.41, 5.74) is 0.473. The molecule has 0 spiro atoms. The van der Waals surface area contributed by atoms with Crippen LogP contribution in [0.15, 0.2) is 22.2 Å². The van der Waals surface area contributed by atoms with E-state index in [1.807, 2.05) is 19.9 Å². The highest BCUT2D eigenvalue weighted by Crippen LogP contribution is 2.38. The minimum absolute atomic E-state index is 0.231. The van der Waals surface area contributed by atoms with Gasteiger partial charge in [-0.15, -0.1) is 0 Å². The highest BCUT2D eigenvalue weighted by atomic mass is 79.9. The molecule has 2 rings (SSSR count). The summed E-state index contributed by atoms with van der Waals surface area (Å²) in [6.45, 7) is 3.64. The van der Waals surface area contributed by atoms with Crippen molar-refractivity contribution in [2.75, 3.05) is 7.11 Å². The molecule has 0 aromatic heterocycles. The molecule has 0 N–H and O–H groups in total. The molecule has 0 saturated carbocycles. The molecule has 1 aliphatic heterocycles. The van der Waals surface area contributed by atoms with E-state index in [1.165, 1.54) is 7.11 Å². The summed E-state index contributed by atoms with van der Waals surface area (Å²) in [5.74, 6) is -1.08. The summed E-state index contributed by atoms with van der Waals surface area (Å²) in [5, 5.41) is 0. The summed E-state index contributed by atoms with van der Waals surface area (Å²) < 4.78 is 16.8. The highest BCUT2D eigenvalue weighted by Gasteiger charge is 2.46. The summed E-state index contributed by atoms with van der Waals surface area (Å²) in [6.07, 6.45) is 3.03. The zero-order chi connectivity index (χ0) is 11.9. The predicted octanol–water partition coefficient (Wildman–Crippen LogP) is 1.90. The first-order valence-electron chi connectivity index (χ1n) is 4.96. The van der Waals surface area contributed by atoms with Crippen LogP contribution in [0.3, 0.4) is 0 Å².